The van der Waals surface area contributed by atoms with Crippen LogP contribution in [0.4, 0.5) is 4.39 Å². The zero-order valence-corrected chi connectivity index (χ0v) is 7.25. The number of hydrogen-bond donors (Lipinski definition) is 0. The molecule has 0 radical (unpaired) electrons. The Kier molecular flexibility index (Phi) is 1.89. The molecule has 66 valence electrons. The van der Waals surface area contributed by atoms with Crippen LogP contribution in [-0.4, -0.2) is 7.11 Å². The number of ether oxygens (including phenoxy) is 1. The molecule has 2 rings (SSSR count). The average Bonchev–Trinajstić information content (AvgIpc) is 2.18. The van der Waals surface area contributed by atoms with E-state index in [-0.39, 0.29) is 5.82 Å². The lowest BCUT2D eigenvalue weighted by molar-refractivity contribution is 0.415. The fourth-order valence-electron chi connectivity index (χ4n) is 1.34. The van der Waals surface area contributed by atoms with Gasteiger partial charge in [0.1, 0.15) is 11.6 Å². The van der Waals surface area contributed by atoms with E-state index in [0.717, 1.165) is 5.39 Å². The molecule has 0 bridgehead atoms. The maximum atomic E-state index is 13.2. The molecule has 0 aromatic heterocycles. The van der Waals surface area contributed by atoms with Gasteiger partial charge < -0.3 is 4.74 Å². The Hall–Kier alpha value is -1.57. The number of methoxy groups -OCH3 is 1. The van der Waals surface area contributed by atoms with Crippen molar-refractivity contribution in [3.05, 3.63) is 42.2 Å². The van der Waals surface area contributed by atoms with Crippen LogP contribution in [0.2, 0.25) is 0 Å². The van der Waals surface area contributed by atoms with E-state index in [1.807, 2.05) is 18.2 Å². The predicted octanol–water partition coefficient (Wildman–Crippen LogP) is 2.99. The van der Waals surface area contributed by atoms with Gasteiger partial charge in [0, 0.05) is 5.39 Å². The summed E-state index contributed by atoms with van der Waals surface area (Å²) in [6.07, 6.45) is 0. The van der Waals surface area contributed by atoms with Crippen molar-refractivity contribution >= 4 is 10.8 Å². The van der Waals surface area contributed by atoms with Gasteiger partial charge in [-0.2, -0.15) is 0 Å². The fourth-order valence-corrected chi connectivity index (χ4v) is 1.34. The lowest BCUT2D eigenvalue weighted by Gasteiger charge is -2.02. The number of hydrogen-bond acceptors (Lipinski definition) is 1. The second-order valence-corrected chi connectivity index (χ2v) is 2.83. The Bertz CT molecular complexity index is 437. The van der Waals surface area contributed by atoms with E-state index in [1.165, 1.54) is 6.07 Å². The van der Waals surface area contributed by atoms with Gasteiger partial charge in [-0.15, -0.1) is 0 Å². The lowest BCUT2D eigenvalue weighted by Crippen LogP contribution is -1.84. The summed E-state index contributed by atoms with van der Waals surface area (Å²) < 4.78 is 18.3. The van der Waals surface area contributed by atoms with Gasteiger partial charge in [-0.25, -0.2) is 4.39 Å². The zero-order valence-electron chi connectivity index (χ0n) is 7.25. The minimum absolute atomic E-state index is 0.212. The third-order valence-corrected chi connectivity index (χ3v) is 2.04. The van der Waals surface area contributed by atoms with Crippen molar-refractivity contribution < 1.29 is 9.13 Å². The Morgan fingerprint density at radius 1 is 1.15 bits per heavy atom. The van der Waals surface area contributed by atoms with Crippen LogP contribution in [0.3, 0.4) is 0 Å². The van der Waals surface area contributed by atoms with Crippen molar-refractivity contribution in [1.29, 1.82) is 0 Å². The molecule has 0 atom stereocenters. The van der Waals surface area contributed by atoms with Crippen molar-refractivity contribution in [1.82, 2.24) is 0 Å². The quantitative estimate of drug-likeness (QED) is 0.649. The molecule has 0 aliphatic heterocycles. The molecule has 2 heteroatoms. The first-order valence-corrected chi connectivity index (χ1v) is 4.03. The van der Waals surface area contributed by atoms with Crippen molar-refractivity contribution in [3.63, 3.8) is 0 Å². The molecular weight excluding hydrogens is 167 g/mol. The van der Waals surface area contributed by atoms with Gasteiger partial charge in [0.05, 0.1) is 7.11 Å². The van der Waals surface area contributed by atoms with Crippen molar-refractivity contribution in [3.8, 4) is 5.75 Å². The van der Waals surface area contributed by atoms with Gasteiger partial charge in [0.15, 0.2) is 0 Å². The standard InChI is InChI=1S/C11H9FO/c1-13-9-6-5-8-3-2-4-11(12)10(8)7-9/h2-7H,1H3. The summed E-state index contributed by atoms with van der Waals surface area (Å²) in [4.78, 5) is 0. The highest BCUT2D eigenvalue weighted by Crippen LogP contribution is 2.22. The zero-order chi connectivity index (χ0) is 9.26. The first-order chi connectivity index (χ1) is 6.31. The van der Waals surface area contributed by atoms with E-state index >= 15 is 0 Å². The average molecular weight is 176 g/mol. The van der Waals surface area contributed by atoms with Crippen LogP contribution < -0.4 is 4.74 Å². The summed E-state index contributed by atoms with van der Waals surface area (Å²) in [6, 6.07) is 10.4. The molecule has 0 amide bonds. The molecule has 1 nitrogen and oxygen atoms in total. The molecule has 0 aliphatic rings. The van der Waals surface area contributed by atoms with Gasteiger partial charge in [-0.05, 0) is 23.6 Å². The molecule has 0 unspecified atom stereocenters. The van der Waals surface area contributed by atoms with Crippen LogP contribution in [0.25, 0.3) is 10.8 Å². The summed E-state index contributed by atoms with van der Waals surface area (Å²) in [7, 11) is 1.57. The van der Waals surface area contributed by atoms with Crippen LogP contribution in [0.5, 0.6) is 5.75 Å². The SMILES string of the molecule is COc1ccc2cccc(F)c2c1. The van der Waals surface area contributed by atoms with Crippen molar-refractivity contribution in [2.45, 2.75) is 0 Å². The number of fused-ring (bicyclic) bond motifs is 1. The van der Waals surface area contributed by atoms with Gasteiger partial charge in [0.2, 0.25) is 0 Å². The maximum absolute atomic E-state index is 13.2. The van der Waals surface area contributed by atoms with Crippen LogP contribution in [0, 0.1) is 5.82 Å². The minimum Gasteiger partial charge on any atom is -0.497 e. The first kappa shape index (κ1) is 8.05. The molecule has 2 aromatic rings. The highest BCUT2D eigenvalue weighted by atomic mass is 19.1. The van der Waals surface area contributed by atoms with E-state index in [2.05, 4.69) is 0 Å². The van der Waals surface area contributed by atoms with Crippen molar-refractivity contribution in [2.75, 3.05) is 7.11 Å². The second-order valence-electron chi connectivity index (χ2n) is 2.83. The highest BCUT2D eigenvalue weighted by Gasteiger charge is 2.00. The molecule has 2 aromatic carbocycles. The predicted molar refractivity (Wildman–Crippen MR) is 50.5 cm³/mol. The molecular formula is C11H9FO. The third kappa shape index (κ3) is 1.35. The van der Waals surface area contributed by atoms with Gasteiger partial charge in [0.25, 0.3) is 0 Å². The van der Waals surface area contributed by atoms with Crippen molar-refractivity contribution in [2.24, 2.45) is 0 Å². The third-order valence-electron chi connectivity index (χ3n) is 2.04. The molecule has 13 heavy (non-hydrogen) atoms. The molecule has 0 spiro atoms. The molecule has 0 heterocycles. The molecule has 0 N–H and O–H groups in total. The highest BCUT2D eigenvalue weighted by molar-refractivity contribution is 5.84. The Morgan fingerprint density at radius 2 is 2.00 bits per heavy atom. The van der Waals surface area contributed by atoms with E-state index in [4.69, 9.17) is 4.74 Å². The monoisotopic (exact) mass is 176 g/mol. The Balaban J connectivity index is 2.74. The topological polar surface area (TPSA) is 9.23 Å². The van der Waals surface area contributed by atoms with E-state index in [9.17, 15) is 4.39 Å². The fraction of sp³-hybridized carbons (Fsp3) is 0.0909. The lowest BCUT2D eigenvalue weighted by atomic mass is 10.1. The molecule has 0 fully saturated rings. The summed E-state index contributed by atoms with van der Waals surface area (Å²) >= 11 is 0. The first-order valence-electron chi connectivity index (χ1n) is 4.03. The molecule has 0 saturated heterocycles. The van der Waals surface area contributed by atoms with Crippen LogP contribution in [-0.2, 0) is 0 Å². The summed E-state index contributed by atoms with van der Waals surface area (Å²) in [5, 5.41) is 1.49. The summed E-state index contributed by atoms with van der Waals surface area (Å²) in [5.41, 5.74) is 0. The van der Waals surface area contributed by atoms with Crippen LogP contribution in [0.1, 0.15) is 0 Å². The normalized spacial score (nSPS) is 10.3. The maximum Gasteiger partial charge on any atom is 0.131 e. The smallest absolute Gasteiger partial charge is 0.131 e. The Labute approximate surface area is 75.8 Å². The van der Waals surface area contributed by atoms with Gasteiger partial charge in [-0.1, -0.05) is 18.2 Å². The number of halogens is 1. The number of benzene rings is 2. The van der Waals surface area contributed by atoms with Gasteiger partial charge >= 0.3 is 0 Å². The second kappa shape index (κ2) is 3.05. The molecule has 0 saturated carbocycles. The Morgan fingerprint density at radius 3 is 2.77 bits per heavy atom. The number of rotatable bonds is 1. The molecule has 0 aliphatic carbocycles. The largest absolute Gasteiger partial charge is 0.497 e. The van der Waals surface area contributed by atoms with E-state index in [0.29, 0.717) is 11.1 Å². The summed E-state index contributed by atoms with van der Waals surface area (Å²) in [6.45, 7) is 0. The van der Waals surface area contributed by atoms with Gasteiger partial charge in [-0.3, -0.25) is 0 Å². The van der Waals surface area contributed by atoms with E-state index in [1.54, 1.807) is 19.2 Å². The van der Waals surface area contributed by atoms with E-state index < -0.39 is 0 Å². The minimum atomic E-state index is -0.212. The van der Waals surface area contributed by atoms with Crippen LogP contribution in [0.15, 0.2) is 36.4 Å². The summed E-state index contributed by atoms with van der Waals surface area (Å²) in [5.74, 6) is 0.467. The van der Waals surface area contributed by atoms with Crippen LogP contribution >= 0.6 is 0 Å².